The van der Waals surface area contributed by atoms with Crippen molar-refractivity contribution in [1.82, 2.24) is 15.1 Å². The molecule has 0 radical (unpaired) electrons. The molecule has 1 N–H and O–H groups in total. The van der Waals surface area contributed by atoms with Crippen molar-refractivity contribution in [3.05, 3.63) is 0 Å². The van der Waals surface area contributed by atoms with Gasteiger partial charge in [0.25, 0.3) is 0 Å². The molecule has 1 aliphatic rings. The number of hydrogen-bond acceptors (Lipinski definition) is 4. The van der Waals surface area contributed by atoms with Crippen LogP contribution in [0.15, 0.2) is 0 Å². The van der Waals surface area contributed by atoms with Gasteiger partial charge in [-0.2, -0.15) is 5.26 Å². The summed E-state index contributed by atoms with van der Waals surface area (Å²) in [6, 6.07) is 3.05. The van der Waals surface area contributed by atoms with Crippen molar-refractivity contribution in [3.8, 4) is 6.07 Å². The molecule has 0 aromatic heterocycles. The maximum absolute atomic E-state index is 9.16. The Labute approximate surface area is 118 Å². The SMILES string of the molecule is CCCNC(C#N)CCN1CCCN(C)CC1CC. The fourth-order valence-electron chi connectivity index (χ4n) is 2.80. The van der Waals surface area contributed by atoms with Gasteiger partial charge < -0.3 is 10.2 Å². The average molecular weight is 266 g/mol. The minimum atomic E-state index is 0.0124. The summed E-state index contributed by atoms with van der Waals surface area (Å²) in [4.78, 5) is 5.02. The molecule has 0 spiro atoms. The van der Waals surface area contributed by atoms with Crippen LogP contribution in [0.3, 0.4) is 0 Å². The Hall–Kier alpha value is -0.630. The van der Waals surface area contributed by atoms with Crippen LogP contribution in [0.1, 0.15) is 39.5 Å². The zero-order valence-corrected chi connectivity index (χ0v) is 12.9. The van der Waals surface area contributed by atoms with Crippen molar-refractivity contribution < 1.29 is 0 Å². The summed E-state index contributed by atoms with van der Waals surface area (Å²) >= 11 is 0. The molecule has 4 nitrogen and oxygen atoms in total. The van der Waals surface area contributed by atoms with Gasteiger partial charge in [0.15, 0.2) is 0 Å². The molecule has 2 atom stereocenters. The lowest BCUT2D eigenvalue weighted by Crippen LogP contribution is -2.42. The Morgan fingerprint density at radius 3 is 2.79 bits per heavy atom. The second-order valence-corrected chi connectivity index (χ2v) is 5.64. The lowest BCUT2D eigenvalue weighted by atomic mass is 10.1. The highest BCUT2D eigenvalue weighted by molar-refractivity contribution is 4.91. The summed E-state index contributed by atoms with van der Waals surface area (Å²) in [6.45, 7) is 9.93. The second kappa shape index (κ2) is 9.30. The van der Waals surface area contributed by atoms with Crippen LogP contribution in [-0.4, -0.2) is 61.7 Å². The van der Waals surface area contributed by atoms with Crippen molar-refractivity contribution >= 4 is 0 Å². The van der Waals surface area contributed by atoms with Gasteiger partial charge in [-0.25, -0.2) is 0 Å². The second-order valence-electron chi connectivity index (χ2n) is 5.64. The number of rotatable bonds is 7. The third-order valence-electron chi connectivity index (χ3n) is 4.00. The van der Waals surface area contributed by atoms with Crippen molar-refractivity contribution in [1.29, 1.82) is 5.26 Å². The van der Waals surface area contributed by atoms with Crippen LogP contribution in [0.5, 0.6) is 0 Å². The standard InChI is InChI=1S/C15H30N4/c1-4-8-17-14(12-16)7-11-19-10-6-9-18(3)13-15(19)5-2/h14-15,17H,4-11,13H2,1-3H3. The van der Waals surface area contributed by atoms with Gasteiger partial charge in [-0.15, -0.1) is 0 Å². The predicted molar refractivity (Wildman–Crippen MR) is 80.1 cm³/mol. The number of likely N-dealkylation sites (N-methyl/N-ethyl adjacent to an activating group) is 1. The van der Waals surface area contributed by atoms with Crippen LogP contribution in [-0.2, 0) is 0 Å². The lowest BCUT2D eigenvalue weighted by molar-refractivity contribution is 0.178. The lowest BCUT2D eigenvalue weighted by Gasteiger charge is -2.30. The molecule has 0 aromatic carbocycles. The molecule has 0 aromatic rings. The molecule has 1 heterocycles. The summed E-state index contributed by atoms with van der Waals surface area (Å²) in [5, 5.41) is 12.5. The van der Waals surface area contributed by atoms with E-state index in [1.807, 2.05) is 0 Å². The zero-order chi connectivity index (χ0) is 14.1. The molecule has 4 heteroatoms. The van der Waals surface area contributed by atoms with Gasteiger partial charge in [0.05, 0.1) is 12.1 Å². The van der Waals surface area contributed by atoms with Gasteiger partial charge in [-0.05, 0) is 52.4 Å². The van der Waals surface area contributed by atoms with E-state index in [0.29, 0.717) is 6.04 Å². The Bertz CT molecular complexity index is 274. The molecular formula is C15H30N4. The number of nitrogens with one attached hydrogen (secondary N) is 1. The molecule has 19 heavy (non-hydrogen) atoms. The molecule has 1 fully saturated rings. The number of nitrogens with zero attached hydrogens (tertiary/aromatic N) is 3. The van der Waals surface area contributed by atoms with Gasteiger partial charge in [-0.1, -0.05) is 13.8 Å². The van der Waals surface area contributed by atoms with Crippen molar-refractivity contribution in [2.24, 2.45) is 0 Å². The minimum absolute atomic E-state index is 0.0124. The Morgan fingerprint density at radius 1 is 1.37 bits per heavy atom. The summed E-state index contributed by atoms with van der Waals surface area (Å²) in [5.74, 6) is 0. The monoisotopic (exact) mass is 266 g/mol. The fraction of sp³-hybridized carbons (Fsp3) is 0.933. The van der Waals surface area contributed by atoms with E-state index in [1.165, 1.54) is 25.9 Å². The van der Waals surface area contributed by atoms with Crippen LogP contribution in [0, 0.1) is 11.3 Å². The van der Waals surface area contributed by atoms with E-state index in [1.54, 1.807) is 0 Å². The molecule has 0 amide bonds. The molecule has 2 unspecified atom stereocenters. The predicted octanol–water partition coefficient (Wildman–Crippen LogP) is 1.68. The largest absolute Gasteiger partial charge is 0.305 e. The van der Waals surface area contributed by atoms with Crippen LogP contribution < -0.4 is 5.32 Å². The van der Waals surface area contributed by atoms with Gasteiger partial charge in [-0.3, -0.25) is 4.90 Å². The Balaban J connectivity index is 2.42. The molecule has 0 saturated carbocycles. The normalized spacial score (nSPS) is 23.8. The van der Waals surface area contributed by atoms with E-state index < -0.39 is 0 Å². The van der Waals surface area contributed by atoms with Gasteiger partial charge >= 0.3 is 0 Å². The first-order chi connectivity index (χ1) is 9.21. The van der Waals surface area contributed by atoms with Crippen LogP contribution >= 0.6 is 0 Å². The van der Waals surface area contributed by atoms with Crippen LogP contribution in [0.2, 0.25) is 0 Å². The highest BCUT2D eigenvalue weighted by atomic mass is 15.2. The molecule has 1 rings (SSSR count). The van der Waals surface area contributed by atoms with E-state index in [2.05, 4.69) is 42.1 Å². The van der Waals surface area contributed by atoms with E-state index >= 15 is 0 Å². The van der Waals surface area contributed by atoms with E-state index in [9.17, 15) is 0 Å². The molecule has 110 valence electrons. The number of hydrogen-bond donors (Lipinski definition) is 1. The molecule has 1 saturated heterocycles. The molecule has 0 aliphatic carbocycles. The summed E-state index contributed by atoms with van der Waals surface area (Å²) in [5.41, 5.74) is 0. The first-order valence-corrected chi connectivity index (χ1v) is 7.76. The fourth-order valence-corrected chi connectivity index (χ4v) is 2.80. The summed E-state index contributed by atoms with van der Waals surface area (Å²) in [7, 11) is 2.22. The van der Waals surface area contributed by atoms with E-state index in [0.717, 1.165) is 32.5 Å². The summed E-state index contributed by atoms with van der Waals surface area (Å²) in [6.07, 6.45) is 4.47. The van der Waals surface area contributed by atoms with Gasteiger partial charge in [0.1, 0.15) is 0 Å². The summed E-state index contributed by atoms with van der Waals surface area (Å²) < 4.78 is 0. The van der Waals surface area contributed by atoms with Crippen molar-refractivity contribution in [3.63, 3.8) is 0 Å². The molecule has 0 bridgehead atoms. The third kappa shape index (κ3) is 5.90. The van der Waals surface area contributed by atoms with E-state index in [-0.39, 0.29) is 6.04 Å². The highest BCUT2D eigenvalue weighted by Crippen LogP contribution is 2.12. The third-order valence-corrected chi connectivity index (χ3v) is 4.00. The first kappa shape index (κ1) is 16.4. The average Bonchev–Trinajstić information content (AvgIpc) is 2.60. The Kier molecular flexibility index (Phi) is 8.04. The first-order valence-electron chi connectivity index (χ1n) is 7.76. The maximum atomic E-state index is 9.16. The molecule has 1 aliphatic heterocycles. The van der Waals surface area contributed by atoms with Crippen molar-refractivity contribution in [2.75, 3.05) is 39.8 Å². The van der Waals surface area contributed by atoms with Crippen molar-refractivity contribution in [2.45, 2.75) is 51.6 Å². The van der Waals surface area contributed by atoms with Crippen LogP contribution in [0.4, 0.5) is 0 Å². The number of nitriles is 1. The van der Waals surface area contributed by atoms with Gasteiger partial charge in [0.2, 0.25) is 0 Å². The quantitative estimate of drug-likeness (QED) is 0.761. The Morgan fingerprint density at radius 2 is 2.16 bits per heavy atom. The maximum Gasteiger partial charge on any atom is 0.0965 e. The van der Waals surface area contributed by atoms with E-state index in [4.69, 9.17) is 5.26 Å². The minimum Gasteiger partial charge on any atom is -0.305 e. The highest BCUT2D eigenvalue weighted by Gasteiger charge is 2.22. The smallest absolute Gasteiger partial charge is 0.0965 e. The van der Waals surface area contributed by atoms with Gasteiger partial charge in [0, 0.05) is 19.1 Å². The topological polar surface area (TPSA) is 42.3 Å². The zero-order valence-electron chi connectivity index (χ0n) is 12.9. The van der Waals surface area contributed by atoms with Crippen LogP contribution in [0.25, 0.3) is 0 Å². The molecular weight excluding hydrogens is 236 g/mol.